The van der Waals surface area contributed by atoms with Gasteiger partial charge in [-0.3, -0.25) is 14.6 Å². The molecule has 2 atom stereocenters. The number of likely N-dealkylation sites (tertiary alicyclic amines) is 2. The largest absolute Gasteiger partial charge is 0.480 e. The number of aliphatic carboxylic acids is 1. The van der Waals surface area contributed by atoms with Crippen molar-refractivity contribution in [2.24, 2.45) is 0 Å². The molecule has 15 heteroatoms. The van der Waals surface area contributed by atoms with E-state index in [4.69, 9.17) is 13.6 Å². The summed E-state index contributed by atoms with van der Waals surface area (Å²) in [6.45, 7) is 1.90. The van der Waals surface area contributed by atoms with Crippen LogP contribution in [-0.2, 0) is 24.1 Å². The normalized spacial score (nSPS) is 18.2. The van der Waals surface area contributed by atoms with Crippen LogP contribution in [0.25, 0.3) is 56.2 Å². The molecule has 2 aliphatic heterocycles. The van der Waals surface area contributed by atoms with Gasteiger partial charge in [-0.2, -0.15) is 22.0 Å². The fourth-order valence-electron chi connectivity index (χ4n) is 7.97. The molecule has 2 aliphatic rings. The number of carboxylic acid groups (broad SMARTS) is 1. The Morgan fingerprint density at radius 1 is 0.893 bits per heavy atom. The number of oxazole rings is 2. The second-order valence-corrected chi connectivity index (χ2v) is 14.4. The van der Waals surface area contributed by atoms with E-state index in [1.165, 1.54) is 6.07 Å². The number of carboxylic acids is 1. The first-order valence-corrected chi connectivity index (χ1v) is 18.2. The van der Waals surface area contributed by atoms with Gasteiger partial charge in [0.05, 0.1) is 0 Å². The van der Waals surface area contributed by atoms with E-state index >= 15 is 0 Å². The van der Waals surface area contributed by atoms with Crippen LogP contribution in [0, 0.1) is 13.8 Å². The predicted octanol–water partition coefficient (Wildman–Crippen LogP) is 9.80. The molecule has 8 rings (SSSR count). The standard InChI is InChI=1S/C41H36F6N4O5/c1-21-26(6-3-8-28(21)37-48-31-16-24(19-51-12-5-10-33(51)39(52)53)34(55-40(43)44)17-35(31)54-37)27-7-4-9-29(22(27)2)38-49-32-15-23(18-50-13-11-25(42)20-50)14-30(36(32)56-38)41(45,46)47/h3-4,6-9,14-17,25,33,40H,5,10-13,18-20H2,1-2H3,(H,52,53)/t25?,33-/m0/s1. The van der Waals surface area contributed by atoms with Crippen LogP contribution in [0.15, 0.2) is 69.5 Å². The van der Waals surface area contributed by atoms with Crippen molar-refractivity contribution in [2.75, 3.05) is 19.6 Å². The van der Waals surface area contributed by atoms with Gasteiger partial charge in [0.1, 0.15) is 34.6 Å². The molecule has 0 radical (unpaired) electrons. The summed E-state index contributed by atoms with van der Waals surface area (Å²) in [4.78, 5) is 24.5. The van der Waals surface area contributed by atoms with E-state index in [-0.39, 0.29) is 53.8 Å². The second kappa shape index (κ2) is 14.6. The van der Waals surface area contributed by atoms with Crippen molar-refractivity contribution >= 4 is 28.2 Å². The first kappa shape index (κ1) is 37.5. The molecule has 2 fully saturated rings. The number of fused-ring (bicyclic) bond motifs is 2. The topological polar surface area (TPSA) is 105 Å². The Labute approximate surface area is 316 Å². The van der Waals surface area contributed by atoms with E-state index < -0.39 is 36.5 Å². The number of alkyl halides is 6. The molecule has 1 N–H and O–H groups in total. The molecule has 0 aliphatic carbocycles. The van der Waals surface area contributed by atoms with Crippen LogP contribution in [0.5, 0.6) is 5.75 Å². The van der Waals surface area contributed by atoms with Crippen LogP contribution in [-0.4, -0.2) is 69.3 Å². The maximum atomic E-state index is 14.3. The number of hydrogen-bond donors (Lipinski definition) is 1. The second-order valence-electron chi connectivity index (χ2n) is 14.4. The van der Waals surface area contributed by atoms with Crippen LogP contribution >= 0.6 is 0 Å². The summed E-state index contributed by atoms with van der Waals surface area (Å²) in [5, 5.41) is 9.64. The maximum absolute atomic E-state index is 14.3. The molecule has 4 aromatic carbocycles. The van der Waals surface area contributed by atoms with Gasteiger partial charge in [0.25, 0.3) is 0 Å². The van der Waals surface area contributed by atoms with Gasteiger partial charge in [-0.05, 0) is 97.8 Å². The molecule has 9 nitrogen and oxygen atoms in total. The first-order chi connectivity index (χ1) is 26.7. The fraction of sp³-hybridized carbons (Fsp3) is 0.341. The zero-order valence-corrected chi connectivity index (χ0v) is 30.3. The molecule has 2 aromatic heterocycles. The summed E-state index contributed by atoms with van der Waals surface area (Å²) in [5.41, 5.74) is 4.06. The molecule has 1 unspecified atom stereocenters. The summed E-state index contributed by atoms with van der Waals surface area (Å²) in [5.74, 6) is -0.891. The highest BCUT2D eigenvalue weighted by Gasteiger charge is 2.36. The van der Waals surface area contributed by atoms with Gasteiger partial charge in [0.2, 0.25) is 11.8 Å². The van der Waals surface area contributed by atoms with Crippen LogP contribution < -0.4 is 4.74 Å². The molecular formula is C41H36F6N4O5. The number of ether oxygens (including phenoxy) is 1. The highest BCUT2D eigenvalue weighted by molar-refractivity contribution is 5.86. The predicted molar refractivity (Wildman–Crippen MR) is 195 cm³/mol. The number of aromatic nitrogens is 2. The Morgan fingerprint density at radius 2 is 1.55 bits per heavy atom. The smallest absolute Gasteiger partial charge is 0.420 e. The van der Waals surface area contributed by atoms with Gasteiger partial charge in [0, 0.05) is 48.9 Å². The number of benzene rings is 4. The number of halogens is 6. The molecule has 56 heavy (non-hydrogen) atoms. The van der Waals surface area contributed by atoms with Gasteiger partial charge >= 0.3 is 18.8 Å². The Morgan fingerprint density at radius 3 is 2.18 bits per heavy atom. The average molecular weight is 779 g/mol. The van der Waals surface area contributed by atoms with Gasteiger partial charge < -0.3 is 18.7 Å². The van der Waals surface area contributed by atoms with Crippen molar-refractivity contribution in [2.45, 2.75) is 71.2 Å². The highest BCUT2D eigenvalue weighted by atomic mass is 19.4. The fourth-order valence-corrected chi connectivity index (χ4v) is 7.97. The SMILES string of the molecule is Cc1c(-c2nc3cc(CN4CCC[C@H]4C(=O)O)c(OC(F)F)cc3o2)cccc1-c1cccc(-c2nc3cc(CN4CCC(F)C4)cc(C(F)(F)F)c3o2)c1C. The minimum Gasteiger partial charge on any atom is -0.480 e. The lowest BCUT2D eigenvalue weighted by Crippen LogP contribution is -2.35. The molecule has 292 valence electrons. The van der Waals surface area contributed by atoms with Crippen molar-refractivity contribution in [3.05, 3.63) is 88.5 Å². The number of nitrogens with zero attached hydrogens (tertiary/aromatic N) is 4. The minimum absolute atomic E-state index is 0.0148. The van der Waals surface area contributed by atoms with Gasteiger partial charge in [-0.15, -0.1) is 0 Å². The van der Waals surface area contributed by atoms with Crippen LogP contribution in [0.3, 0.4) is 0 Å². The van der Waals surface area contributed by atoms with Crippen LogP contribution in [0.4, 0.5) is 26.3 Å². The third kappa shape index (κ3) is 7.20. The van der Waals surface area contributed by atoms with Crippen molar-refractivity contribution in [1.82, 2.24) is 19.8 Å². The highest BCUT2D eigenvalue weighted by Crippen LogP contribution is 2.41. The number of carbonyl (C=O) groups is 1. The van der Waals surface area contributed by atoms with E-state index in [1.54, 1.807) is 46.2 Å². The summed E-state index contributed by atoms with van der Waals surface area (Å²) in [6, 6.07) is 15.6. The monoisotopic (exact) mass is 778 g/mol. The average Bonchev–Trinajstić information content (AvgIpc) is 3.95. The quantitative estimate of drug-likeness (QED) is 0.136. The zero-order chi connectivity index (χ0) is 39.5. The molecular weight excluding hydrogens is 742 g/mol. The molecule has 2 saturated heterocycles. The Kier molecular flexibility index (Phi) is 9.77. The summed E-state index contributed by atoms with van der Waals surface area (Å²) >= 11 is 0. The van der Waals surface area contributed by atoms with E-state index in [0.29, 0.717) is 65.7 Å². The van der Waals surface area contributed by atoms with E-state index in [9.17, 15) is 36.2 Å². The summed E-state index contributed by atoms with van der Waals surface area (Å²) in [6.07, 6.45) is -4.27. The van der Waals surface area contributed by atoms with E-state index in [0.717, 1.165) is 22.8 Å². The number of rotatable bonds is 10. The molecule has 0 spiro atoms. The zero-order valence-electron chi connectivity index (χ0n) is 30.3. The Hall–Kier alpha value is -5.41. The van der Waals surface area contributed by atoms with Crippen molar-refractivity contribution in [3.63, 3.8) is 0 Å². The first-order valence-electron chi connectivity index (χ1n) is 18.2. The minimum atomic E-state index is -4.71. The third-order valence-electron chi connectivity index (χ3n) is 10.7. The maximum Gasteiger partial charge on any atom is 0.420 e. The molecule has 0 saturated carbocycles. The lowest BCUT2D eigenvalue weighted by Gasteiger charge is -2.22. The van der Waals surface area contributed by atoms with Crippen molar-refractivity contribution < 1.29 is 49.8 Å². The summed E-state index contributed by atoms with van der Waals surface area (Å²) < 4.78 is 101. The number of hydrogen-bond acceptors (Lipinski definition) is 8. The van der Waals surface area contributed by atoms with Crippen LogP contribution in [0.1, 0.15) is 47.1 Å². The van der Waals surface area contributed by atoms with Gasteiger partial charge in [-0.25, -0.2) is 14.4 Å². The molecule has 6 aromatic rings. The lowest BCUT2D eigenvalue weighted by atomic mass is 9.91. The lowest BCUT2D eigenvalue weighted by molar-refractivity contribution is -0.142. The molecule has 0 amide bonds. The van der Waals surface area contributed by atoms with Gasteiger partial charge in [-0.1, -0.05) is 24.3 Å². The Balaban J connectivity index is 1.14. The van der Waals surface area contributed by atoms with E-state index in [1.807, 2.05) is 26.0 Å². The van der Waals surface area contributed by atoms with E-state index in [2.05, 4.69) is 9.97 Å². The van der Waals surface area contributed by atoms with Crippen LogP contribution in [0.2, 0.25) is 0 Å². The molecule has 0 bridgehead atoms. The Bertz CT molecular complexity index is 2460. The third-order valence-corrected chi connectivity index (χ3v) is 10.7. The molecule has 4 heterocycles. The van der Waals surface area contributed by atoms with Crippen molar-refractivity contribution in [3.8, 4) is 39.8 Å². The summed E-state index contributed by atoms with van der Waals surface area (Å²) in [7, 11) is 0. The van der Waals surface area contributed by atoms with Crippen molar-refractivity contribution in [1.29, 1.82) is 0 Å². The van der Waals surface area contributed by atoms with Gasteiger partial charge in [0.15, 0.2) is 11.2 Å².